The topological polar surface area (TPSA) is 63.2 Å². The number of benzene rings is 2. The number of aromatic nitrogens is 1. The van der Waals surface area contributed by atoms with Gasteiger partial charge in [0.05, 0.1) is 16.3 Å². The largest absolute Gasteiger partial charge is 0.491 e. The molecule has 0 aliphatic carbocycles. The minimum absolute atomic E-state index is 0.0298. The van der Waals surface area contributed by atoms with E-state index in [1.807, 2.05) is 39.0 Å². The molecule has 0 unspecified atom stereocenters. The maximum Gasteiger partial charge on any atom is 0.257 e. The van der Waals surface area contributed by atoms with Crippen LogP contribution in [0.5, 0.6) is 5.75 Å². The molecule has 1 heterocycles. The quantitative estimate of drug-likeness (QED) is 0.571. The number of fused-ring (bicyclic) bond motifs is 1. The monoisotopic (exact) mass is 419 g/mol. The Morgan fingerprint density at radius 2 is 2.07 bits per heavy atom. The fourth-order valence-corrected chi connectivity index (χ4v) is 3.75. The Labute approximate surface area is 171 Å². The van der Waals surface area contributed by atoms with E-state index in [-0.39, 0.29) is 17.1 Å². The summed E-state index contributed by atoms with van der Waals surface area (Å²) in [6, 6.07) is 10.7. The Morgan fingerprint density at radius 1 is 1.30 bits per heavy atom. The van der Waals surface area contributed by atoms with Crippen LogP contribution in [0.2, 0.25) is 5.02 Å². The normalized spacial score (nSPS) is 10.9. The summed E-state index contributed by atoms with van der Waals surface area (Å²) in [5, 5.41) is 7.04. The molecule has 0 aliphatic heterocycles. The molecule has 0 spiro atoms. The minimum Gasteiger partial charge on any atom is -0.491 e. The lowest BCUT2D eigenvalue weighted by molar-refractivity contribution is 0.0977. The maximum absolute atomic E-state index is 12.4. The summed E-state index contributed by atoms with van der Waals surface area (Å²) in [4.78, 5) is 16.9. The number of aryl methyl sites for hydroxylation is 1. The van der Waals surface area contributed by atoms with Crippen LogP contribution in [-0.4, -0.2) is 22.1 Å². The molecule has 140 valence electrons. The lowest BCUT2D eigenvalue weighted by Crippen LogP contribution is -2.34. The van der Waals surface area contributed by atoms with Crippen molar-refractivity contribution in [2.45, 2.75) is 26.9 Å². The van der Waals surface area contributed by atoms with Gasteiger partial charge in [0.25, 0.3) is 5.91 Å². The Kier molecular flexibility index (Phi) is 5.94. The zero-order valence-electron chi connectivity index (χ0n) is 15.0. The van der Waals surface area contributed by atoms with Crippen LogP contribution in [0.1, 0.15) is 29.8 Å². The number of amides is 1. The first-order chi connectivity index (χ1) is 12.8. The zero-order chi connectivity index (χ0) is 19.6. The third kappa shape index (κ3) is 4.94. The van der Waals surface area contributed by atoms with Crippen LogP contribution in [-0.2, 0) is 0 Å². The summed E-state index contributed by atoms with van der Waals surface area (Å²) in [7, 11) is 0. The minimum atomic E-state index is -0.318. The van der Waals surface area contributed by atoms with Crippen molar-refractivity contribution in [3.05, 3.63) is 52.5 Å². The molecule has 2 N–H and O–H groups in total. The molecule has 1 amide bonds. The second-order valence-electron chi connectivity index (χ2n) is 6.19. The van der Waals surface area contributed by atoms with E-state index >= 15 is 0 Å². The summed E-state index contributed by atoms with van der Waals surface area (Å²) in [5.41, 5.74) is 2.23. The van der Waals surface area contributed by atoms with Gasteiger partial charge < -0.3 is 10.1 Å². The van der Waals surface area contributed by atoms with Crippen molar-refractivity contribution >= 4 is 61.5 Å². The standard InChI is InChI=1S/C19H18ClN3O2S2/c1-10(2)25-13-6-4-5-12(8-13)17(24)22-18(26)23-19-21-15-9-14(20)11(3)7-16(15)27-19/h4-10H,1-3H3,(H2,21,22,23,24,26). The first-order valence-corrected chi connectivity index (χ1v) is 9.88. The summed E-state index contributed by atoms with van der Waals surface area (Å²) in [5.74, 6) is 0.316. The van der Waals surface area contributed by atoms with Gasteiger partial charge in [-0.3, -0.25) is 10.1 Å². The van der Waals surface area contributed by atoms with Crippen LogP contribution in [0.15, 0.2) is 36.4 Å². The van der Waals surface area contributed by atoms with E-state index in [9.17, 15) is 4.79 Å². The van der Waals surface area contributed by atoms with Crippen molar-refractivity contribution in [2.24, 2.45) is 0 Å². The number of hydrogen-bond acceptors (Lipinski definition) is 5. The van der Waals surface area contributed by atoms with Gasteiger partial charge in [-0.2, -0.15) is 0 Å². The molecule has 0 atom stereocenters. The highest BCUT2D eigenvalue weighted by molar-refractivity contribution is 7.80. The van der Waals surface area contributed by atoms with E-state index in [2.05, 4.69) is 15.6 Å². The van der Waals surface area contributed by atoms with Crippen LogP contribution >= 0.6 is 35.2 Å². The number of nitrogens with zero attached hydrogens (tertiary/aromatic N) is 1. The third-order valence-corrected chi connectivity index (χ3v) is 5.13. The van der Waals surface area contributed by atoms with Crippen molar-refractivity contribution in [1.29, 1.82) is 0 Å². The molecule has 3 aromatic rings. The fourth-order valence-electron chi connectivity index (χ4n) is 2.39. The van der Waals surface area contributed by atoms with Crippen LogP contribution in [0.3, 0.4) is 0 Å². The smallest absolute Gasteiger partial charge is 0.257 e. The highest BCUT2D eigenvalue weighted by Gasteiger charge is 2.12. The van der Waals surface area contributed by atoms with Gasteiger partial charge in [0.2, 0.25) is 0 Å². The van der Waals surface area contributed by atoms with E-state index in [0.717, 1.165) is 15.8 Å². The first kappa shape index (κ1) is 19.5. The molecular formula is C19H18ClN3O2S2. The van der Waals surface area contributed by atoms with Gasteiger partial charge in [0.1, 0.15) is 5.75 Å². The molecule has 27 heavy (non-hydrogen) atoms. The number of thiazole rings is 1. The average molecular weight is 420 g/mol. The number of nitrogens with one attached hydrogen (secondary N) is 2. The van der Waals surface area contributed by atoms with Gasteiger partial charge in [-0.15, -0.1) is 0 Å². The van der Waals surface area contributed by atoms with Crippen LogP contribution in [0.4, 0.5) is 5.13 Å². The summed E-state index contributed by atoms with van der Waals surface area (Å²) >= 11 is 12.8. The SMILES string of the molecule is Cc1cc2sc(NC(=S)NC(=O)c3cccc(OC(C)C)c3)nc2cc1Cl. The maximum atomic E-state index is 12.4. The number of ether oxygens (including phenoxy) is 1. The number of hydrogen-bond donors (Lipinski definition) is 2. The van der Waals surface area contributed by atoms with Crippen molar-refractivity contribution in [3.63, 3.8) is 0 Å². The van der Waals surface area contributed by atoms with Crippen molar-refractivity contribution in [3.8, 4) is 5.75 Å². The lowest BCUT2D eigenvalue weighted by atomic mass is 10.2. The number of rotatable bonds is 4. The molecule has 0 aliphatic rings. The molecule has 1 aromatic heterocycles. The van der Waals surface area contributed by atoms with Gasteiger partial charge in [0, 0.05) is 10.6 Å². The number of anilines is 1. The van der Waals surface area contributed by atoms with Gasteiger partial charge in [-0.1, -0.05) is 29.0 Å². The molecule has 5 nitrogen and oxygen atoms in total. The second kappa shape index (κ2) is 8.21. The van der Waals surface area contributed by atoms with Crippen molar-refractivity contribution in [2.75, 3.05) is 5.32 Å². The fraction of sp³-hybridized carbons (Fsp3) is 0.211. The molecule has 0 saturated carbocycles. The number of halogens is 1. The molecular weight excluding hydrogens is 402 g/mol. The Morgan fingerprint density at radius 3 is 2.81 bits per heavy atom. The molecule has 0 bridgehead atoms. The number of carbonyl (C=O) groups is 1. The van der Waals surface area contributed by atoms with E-state index in [1.54, 1.807) is 18.2 Å². The number of carbonyl (C=O) groups excluding carboxylic acids is 1. The summed E-state index contributed by atoms with van der Waals surface area (Å²) in [6.45, 7) is 5.80. The van der Waals surface area contributed by atoms with Gasteiger partial charge in [-0.05, 0) is 68.9 Å². The van der Waals surface area contributed by atoms with Gasteiger partial charge in [0.15, 0.2) is 10.2 Å². The Balaban J connectivity index is 1.68. The third-order valence-electron chi connectivity index (χ3n) is 3.58. The van der Waals surface area contributed by atoms with Crippen LogP contribution in [0, 0.1) is 6.92 Å². The molecule has 0 saturated heterocycles. The van der Waals surface area contributed by atoms with Gasteiger partial charge in [-0.25, -0.2) is 4.98 Å². The summed E-state index contributed by atoms with van der Waals surface area (Å²) < 4.78 is 6.60. The van der Waals surface area contributed by atoms with Crippen LogP contribution < -0.4 is 15.4 Å². The van der Waals surface area contributed by atoms with Crippen LogP contribution in [0.25, 0.3) is 10.2 Å². The molecule has 8 heteroatoms. The average Bonchev–Trinajstić information content (AvgIpc) is 2.95. The lowest BCUT2D eigenvalue weighted by Gasteiger charge is -2.11. The summed E-state index contributed by atoms with van der Waals surface area (Å²) in [6.07, 6.45) is 0.0298. The molecule has 3 rings (SSSR count). The van der Waals surface area contributed by atoms with Gasteiger partial charge >= 0.3 is 0 Å². The van der Waals surface area contributed by atoms with E-state index in [0.29, 0.717) is 21.5 Å². The zero-order valence-corrected chi connectivity index (χ0v) is 17.4. The Bertz CT molecular complexity index is 978. The van der Waals surface area contributed by atoms with E-state index in [4.69, 9.17) is 28.6 Å². The Hall–Kier alpha value is -2.22. The highest BCUT2D eigenvalue weighted by Crippen LogP contribution is 2.30. The predicted octanol–water partition coefficient (Wildman–Crippen LogP) is 5.17. The van der Waals surface area contributed by atoms with Crippen molar-refractivity contribution < 1.29 is 9.53 Å². The van der Waals surface area contributed by atoms with Crippen molar-refractivity contribution in [1.82, 2.24) is 10.3 Å². The molecule has 2 aromatic carbocycles. The van der Waals surface area contributed by atoms with E-state index in [1.165, 1.54) is 11.3 Å². The number of thiocarbonyl (C=S) groups is 1. The molecule has 0 fully saturated rings. The predicted molar refractivity (Wildman–Crippen MR) is 115 cm³/mol. The highest BCUT2D eigenvalue weighted by atomic mass is 35.5. The van der Waals surface area contributed by atoms with E-state index < -0.39 is 0 Å². The molecule has 0 radical (unpaired) electrons. The first-order valence-electron chi connectivity index (χ1n) is 8.27. The second-order valence-corrected chi connectivity index (χ2v) is 8.04.